The molecule has 0 spiro atoms. The molecule has 1 amide bonds. The summed E-state index contributed by atoms with van der Waals surface area (Å²) in [6, 6.07) is 22.8. The van der Waals surface area contributed by atoms with Crippen LogP contribution in [0, 0.1) is 34.6 Å². The van der Waals surface area contributed by atoms with Crippen molar-refractivity contribution in [2.45, 2.75) is 78.9 Å². The molecular weight excluding hydrogens is 568 g/mol. The third-order valence-electron chi connectivity index (χ3n) is 7.95. The predicted molar refractivity (Wildman–Crippen MR) is 179 cm³/mol. The van der Waals surface area contributed by atoms with Crippen LogP contribution in [0.5, 0.6) is 5.75 Å². The number of anilines is 1. The zero-order chi connectivity index (χ0) is 32.4. The molecule has 6 nitrogen and oxygen atoms in total. The minimum atomic E-state index is -3.83. The first-order chi connectivity index (χ1) is 20.5. The van der Waals surface area contributed by atoms with Crippen LogP contribution in [0.1, 0.15) is 75.6 Å². The Morgan fingerprint density at radius 3 is 1.95 bits per heavy atom. The number of rotatable bonds is 9. The maximum Gasteiger partial charge on any atom is 0.262 e. The normalized spacial score (nSPS) is 11.8. The minimum Gasteiger partial charge on any atom is -0.488 e. The van der Waals surface area contributed by atoms with Crippen LogP contribution in [-0.2, 0) is 28.6 Å². The summed E-state index contributed by atoms with van der Waals surface area (Å²) in [6.45, 7) is 17.0. The summed E-state index contributed by atoms with van der Waals surface area (Å²) in [5.74, 6) is 0.704. The summed E-state index contributed by atoms with van der Waals surface area (Å²) in [5, 5.41) is 0. The van der Waals surface area contributed by atoms with Gasteiger partial charge in [-0.2, -0.15) is 0 Å². The van der Waals surface area contributed by atoms with Crippen LogP contribution < -0.4 is 9.46 Å². The number of hydrogen-bond acceptors (Lipinski definition) is 4. The Morgan fingerprint density at radius 1 is 0.795 bits per heavy atom. The molecule has 0 aromatic heterocycles. The summed E-state index contributed by atoms with van der Waals surface area (Å²) in [6.07, 6.45) is 0. The molecule has 0 atom stereocenters. The molecule has 0 heterocycles. The van der Waals surface area contributed by atoms with Crippen LogP contribution in [0.3, 0.4) is 0 Å². The van der Waals surface area contributed by atoms with E-state index < -0.39 is 10.0 Å². The second-order valence-electron chi connectivity index (χ2n) is 12.8. The van der Waals surface area contributed by atoms with Gasteiger partial charge in [-0.25, -0.2) is 8.42 Å². The molecule has 0 unspecified atom stereocenters. The van der Waals surface area contributed by atoms with E-state index in [4.69, 9.17) is 4.74 Å². The summed E-state index contributed by atoms with van der Waals surface area (Å²) in [7, 11) is -2.07. The second kappa shape index (κ2) is 12.9. The van der Waals surface area contributed by atoms with E-state index in [-0.39, 0.29) is 16.2 Å². The Balaban J connectivity index is 1.43. The lowest BCUT2D eigenvalue weighted by Gasteiger charge is -2.22. The Morgan fingerprint density at radius 2 is 1.39 bits per heavy atom. The van der Waals surface area contributed by atoms with Gasteiger partial charge in [-0.1, -0.05) is 68.8 Å². The molecule has 1 N–H and O–H groups in total. The standard InChI is InChI=1S/C37H44N2O4S/c1-24-10-12-29(13-11-24)23-43-35-26(3)18-30(19-27(35)4)22-39(9)36(40)31-14-16-33(17-15-31)38-44(41,42)34-21-32(37(6,7)8)20-25(2)28(34)5/h10-21,38H,22-23H2,1-9H3. The number of benzene rings is 4. The number of nitrogens with one attached hydrogen (secondary N) is 1. The van der Waals surface area contributed by atoms with Gasteiger partial charge < -0.3 is 9.64 Å². The quantitative estimate of drug-likeness (QED) is 0.207. The number of hydrogen-bond donors (Lipinski definition) is 1. The molecule has 0 saturated heterocycles. The topological polar surface area (TPSA) is 75.7 Å². The van der Waals surface area contributed by atoms with Gasteiger partial charge in [0.1, 0.15) is 12.4 Å². The molecule has 4 aromatic rings. The van der Waals surface area contributed by atoms with E-state index in [1.54, 1.807) is 42.3 Å². The van der Waals surface area contributed by atoms with Gasteiger partial charge >= 0.3 is 0 Å². The third-order valence-corrected chi connectivity index (χ3v) is 9.46. The SMILES string of the molecule is Cc1ccc(COc2c(C)cc(CN(C)C(=O)c3ccc(NS(=O)(=O)c4cc(C(C)(C)C)cc(C)c4C)cc3)cc2C)cc1. The molecule has 0 aliphatic carbocycles. The van der Waals surface area contributed by atoms with Crippen molar-refractivity contribution in [3.05, 3.63) is 123 Å². The molecule has 44 heavy (non-hydrogen) atoms. The molecule has 7 heteroatoms. The van der Waals surface area contributed by atoms with Crippen LogP contribution in [0.4, 0.5) is 5.69 Å². The van der Waals surface area contributed by atoms with Crippen molar-refractivity contribution >= 4 is 21.6 Å². The average molecular weight is 613 g/mol. The van der Waals surface area contributed by atoms with Gasteiger partial charge in [0.15, 0.2) is 0 Å². The van der Waals surface area contributed by atoms with Crippen LogP contribution >= 0.6 is 0 Å². The van der Waals surface area contributed by atoms with Gasteiger partial charge in [-0.3, -0.25) is 9.52 Å². The molecule has 4 aromatic carbocycles. The fraction of sp³-hybridized carbons (Fsp3) is 0.324. The van der Waals surface area contributed by atoms with E-state index in [0.717, 1.165) is 44.7 Å². The molecular formula is C37H44N2O4S. The number of carbonyl (C=O) groups excluding carboxylic acids is 1. The van der Waals surface area contributed by atoms with E-state index >= 15 is 0 Å². The summed E-state index contributed by atoms with van der Waals surface area (Å²) >= 11 is 0. The van der Waals surface area contributed by atoms with Gasteiger partial charge in [0, 0.05) is 24.8 Å². The van der Waals surface area contributed by atoms with Gasteiger partial charge in [0.25, 0.3) is 15.9 Å². The first-order valence-electron chi connectivity index (χ1n) is 14.8. The van der Waals surface area contributed by atoms with Crippen LogP contribution in [0.2, 0.25) is 0 Å². The highest BCUT2D eigenvalue weighted by molar-refractivity contribution is 7.92. The van der Waals surface area contributed by atoms with E-state index in [1.165, 1.54) is 5.56 Å². The number of aryl methyl sites for hydroxylation is 4. The molecule has 0 saturated carbocycles. The average Bonchev–Trinajstić information content (AvgIpc) is 2.94. The second-order valence-corrected chi connectivity index (χ2v) is 14.5. The molecule has 232 valence electrons. The highest BCUT2D eigenvalue weighted by atomic mass is 32.2. The number of carbonyl (C=O) groups is 1. The Hall–Kier alpha value is -4.10. The van der Waals surface area contributed by atoms with Crippen molar-refractivity contribution in [2.75, 3.05) is 11.8 Å². The van der Waals surface area contributed by atoms with Gasteiger partial charge in [0.2, 0.25) is 0 Å². The largest absolute Gasteiger partial charge is 0.488 e. The first kappa shape index (κ1) is 32.8. The van der Waals surface area contributed by atoms with E-state index in [1.807, 2.05) is 33.8 Å². The molecule has 0 aliphatic rings. The van der Waals surface area contributed by atoms with Gasteiger partial charge in [0.05, 0.1) is 4.90 Å². The maximum atomic E-state index is 13.4. The van der Waals surface area contributed by atoms with Crippen molar-refractivity contribution in [2.24, 2.45) is 0 Å². The number of ether oxygens (including phenoxy) is 1. The zero-order valence-electron chi connectivity index (χ0n) is 27.3. The van der Waals surface area contributed by atoms with Crippen molar-refractivity contribution in [3.63, 3.8) is 0 Å². The van der Waals surface area contributed by atoms with Crippen molar-refractivity contribution in [1.29, 1.82) is 0 Å². The number of sulfonamides is 1. The van der Waals surface area contributed by atoms with Crippen molar-refractivity contribution < 1.29 is 17.9 Å². The lowest BCUT2D eigenvalue weighted by atomic mass is 9.85. The van der Waals surface area contributed by atoms with Crippen molar-refractivity contribution in [1.82, 2.24) is 4.90 Å². The molecule has 0 radical (unpaired) electrons. The van der Waals surface area contributed by atoms with Crippen LogP contribution in [0.25, 0.3) is 0 Å². The van der Waals surface area contributed by atoms with Gasteiger partial charge in [-0.05, 0) is 109 Å². The smallest absolute Gasteiger partial charge is 0.262 e. The monoisotopic (exact) mass is 612 g/mol. The van der Waals surface area contributed by atoms with Gasteiger partial charge in [-0.15, -0.1) is 0 Å². The summed E-state index contributed by atoms with van der Waals surface area (Å²) in [5.41, 5.74) is 8.66. The lowest BCUT2D eigenvalue weighted by molar-refractivity contribution is 0.0785. The molecule has 0 aliphatic heterocycles. The number of nitrogens with zero attached hydrogens (tertiary/aromatic N) is 1. The summed E-state index contributed by atoms with van der Waals surface area (Å²) in [4.78, 5) is 15.2. The third kappa shape index (κ3) is 7.69. The van der Waals surface area contributed by atoms with E-state index in [2.05, 4.69) is 68.8 Å². The maximum absolute atomic E-state index is 13.4. The van der Waals surface area contributed by atoms with Crippen molar-refractivity contribution in [3.8, 4) is 5.75 Å². The fourth-order valence-corrected chi connectivity index (χ4v) is 6.60. The van der Waals surface area contributed by atoms with E-state index in [0.29, 0.717) is 24.4 Å². The highest BCUT2D eigenvalue weighted by Gasteiger charge is 2.23. The Labute approximate surface area is 263 Å². The molecule has 0 bridgehead atoms. The minimum absolute atomic E-state index is 0.154. The molecule has 4 rings (SSSR count). The lowest BCUT2D eigenvalue weighted by Crippen LogP contribution is -2.26. The van der Waals surface area contributed by atoms with Crippen LogP contribution in [0.15, 0.2) is 77.7 Å². The Bertz CT molecular complexity index is 1750. The van der Waals surface area contributed by atoms with E-state index in [9.17, 15) is 13.2 Å². The fourth-order valence-electron chi connectivity index (χ4n) is 5.19. The molecule has 0 fully saturated rings. The van der Waals surface area contributed by atoms with Crippen LogP contribution in [-0.4, -0.2) is 26.3 Å². The number of amides is 1. The predicted octanol–water partition coefficient (Wildman–Crippen LogP) is 8.18. The Kier molecular flexibility index (Phi) is 9.59. The summed E-state index contributed by atoms with van der Waals surface area (Å²) < 4.78 is 35.6. The highest BCUT2D eigenvalue weighted by Crippen LogP contribution is 2.30. The zero-order valence-corrected chi connectivity index (χ0v) is 28.1. The first-order valence-corrected chi connectivity index (χ1v) is 16.3.